The molecule has 6 nitrogen and oxygen atoms in total. The number of phenols is 1. The number of hydrogen-bond donors (Lipinski definition) is 1. The van der Waals surface area contributed by atoms with Gasteiger partial charge in [0.1, 0.15) is 5.75 Å². The van der Waals surface area contributed by atoms with Crippen LogP contribution in [0, 0.1) is 10.1 Å². The molecule has 0 aliphatic carbocycles. The molecule has 68 valence electrons. The summed E-state index contributed by atoms with van der Waals surface area (Å²) in [4.78, 5) is 24.3. The Kier molecular flexibility index (Phi) is 2.44. The normalized spacial score (nSPS) is 9.23. The molecule has 0 saturated heterocycles. The Labute approximate surface area is 72.5 Å². The van der Waals surface area contributed by atoms with E-state index in [-0.39, 0.29) is 11.3 Å². The number of phenolic OH excluding ortho intramolecular Hbond substituents is 1. The van der Waals surface area contributed by atoms with Crippen molar-refractivity contribution in [2.45, 2.75) is 0 Å². The lowest BCUT2D eigenvalue weighted by Gasteiger charge is -1.97. The van der Waals surface area contributed by atoms with Gasteiger partial charge in [-0.15, -0.1) is 10.1 Å². The van der Waals surface area contributed by atoms with Gasteiger partial charge in [-0.3, -0.25) is 4.79 Å². The second-order valence-corrected chi connectivity index (χ2v) is 2.15. The number of carbonyl (C=O) groups excluding carboxylic acids is 1. The van der Waals surface area contributed by atoms with Gasteiger partial charge in [0.15, 0.2) is 0 Å². The summed E-state index contributed by atoms with van der Waals surface area (Å²) in [6, 6.07) is 4.91. The minimum atomic E-state index is -1.19. The SMILES string of the molecule is O=C(O[N+](=O)[O-])c1ccc(O)cc1. The Hall–Kier alpha value is -2.11. The third-order valence-corrected chi connectivity index (χ3v) is 1.26. The van der Waals surface area contributed by atoms with Gasteiger partial charge < -0.3 is 5.11 Å². The fourth-order valence-corrected chi connectivity index (χ4v) is 0.718. The minimum Gasteiger partial charge on any atom is -0.508 e. The molecule has 0 radical (unpaired) electrons. The molecule has 0 aromatic heterocycles. The summed E-state index contributed by atoms with van der Waals surface area (Å²) in [5.41, 5.74) is 0.00880. The Morgan fingerprint density at radius 2 is 1.92 bits per heavy atom. The monoisotopic (exact) mass is 183 g/mol. The second-order valence-electron chi connectivity index (χ2n) is 2.15. The Balaban J connectivity index is 2.78. The molecule has 13 heavy (non-hydrogen) atoms. The zero-order valence-corrected chi connectivity index (χ0v) is 6.34. The van der Waals surface area contributed by atoms with E-state index < -0.39 is 11.1 Å². The molecular formula is C7H5NO5. The predicted octanol–water partition coefficient (Wildman–Crippen LogP) is 0.741. The maximum Gasteiger partial charge on any atom is 0.334 e. The first kappa shape index (κ1) is 8.98. The number of rotatable bonds is 2. The lowest BCUT2D eigenvalue weighted by atomic mass is 10.2. The first-order chi connectivity index (χ1) is 6.09. The zero-order chi connectivity index (χ0) is 9.84. The summed E-state index contributed by atoms with van der Waals surface area (Å²) >= 11 is 0. The number of carbonyl (C=O) groups is 1. The van der Waals surface area contributed by atoms with Crippen molar-refractivity contribution >= 4 is 5.97 Å². The molecule has 0 heterocycles. The standard InChI is InChI=1S/C7H5NO5/c9-6-3-1-5(2-4-6)7(10)13-8(11)12/h1-4,9H. The Bertz CT molecular complexity index is 331. The molecule has 0 atom stereocenters. The average Bonchev–Trinajstić information content (AvgIpc) is 2.04. The van der Waals surface area contributed by atoms with E-state index in [0.29, 0.717) is 0 Å². The number of hydrogen-bond acceptors (Lipinski definition) is 5. The lowest BCUT2D eigenvalue weighted by molar-refractivity contribution is -0.727. The van der Waals surface area contributed by atoms with Gasteiger partial charge in [-0.05, 0) is 24.3 Å². The molecule has 0 spiro atoms. The highest BCUT2D eigenvalue weighted by atomic mass is 17.0. The van der Waals surface area contributed by atoms with Gasteiger partial charge >= 0.3 is 11.1 Å². The van der Waals surface area contributed by atoms with Gasteiger partial charge in [-0.25, -0.2) is 4.84 Å². The van der Waals surface area contributed by atoms with Crippen molar-refractivity contribution in [2.24, 2.45) is 0 Å². The van der Waals surface area contributed by atoms with Crippen LogP contribution in [0.5, 0.6) is 5.75 Å². The van der Waals surface area contributed by atoms with E-state index in [1.54, 1.807) is 0 Å². The molecular weight excluding hydrogens is 178 g/mol. The van der Waals surface area contributed by atoms with Crippen molar-refractivity contribution in [3.63, 3.8) is 0 Å². The van der Waals surface area contributed by atoms with Crippen molar-refractivity contribution in [3.8, 4) is 5.75 Å². The molecule has 0 aliphatic rings. The molecule has 0 fully saturated rings. The number of aromatic hydroxyl groups is 1. The summed E-state index contributed by atoms with van der Waals surface area (Å²) in [7, 11) is 0. The van der Waals surface area contributed by atoms with Crippen LogP contribution in [0.2, 0.25) is 0 Å². The average molecular weight is 183 g/mol. The maximum absolute atomic E-state index is 10.8. The highest BCUT2D eigenvalue weighted by molar-refractivity contribution is 5.88. The van der Waals surface area contributed by atoms with Crippen molar-refractivity contribution in [1.82, 2.24) is 0 Å². The topological polar surface area (TPSA) is 89.7 Å². The van der Waals surface area contributed by atoms with E-state index in [1.165, 1.54) is 24.3 Å². The lowest BCUT2D eigenvalue weighted by Crippen LogP contribution is -2.09. The fourth-order valence-electron chi connectivity index (χ4n) is 0.718. The summed E-state index contributed by atoms with van der Waals surface area (Å²) in [6.45, 7) is 0. The van der Waals surface area contributed by atoms with Crippen LogP contribution in [0.25, 0.3) is 0 Å². The van der Waals surface area contributed by atoms with Gasteiger partial charge in [0.2, 0.25) is 0 Å². The Morgan fingerprint density at radius 3 is 2.38 bits per heavy atom. The number of nitrogens with zero attached hydrogens (tertiary/aromatic N) is 1. The van der Waals surface area contributed by atoms with E-state index >= 15 is 0 Å². The molecule has 0 amide bonds. The van der Waals surface area contributed by atoms with Gasteiger partial charge in [0, 0.05) is 5.56 Å². The summed E-state index contributed by atoms with van der Waals surface area (Å²) in [6.07, 6.45) is 0. The van der Waals surface area contributed by atoms with Crippen LogP contribution in [-0.2, 0) is 4.84 Å². The molecule has 6 heteroatoms. The largest absolute Gasteiger partial charge is 0.508 e. The summed E-state index contributed by atoms with van der Waals surface area (Å²) in [5.74, 6) is -1.09. The third-order valence-electron chi connectivity index (χ3n) is 1.26. The van der Waals surface area contributed by atoms with Crippen LogP contribution < -0.4 is 0 Å². The van der Waals surface area contributed by atoms with Crippen LogP contribution in [0.3, 0.4) is 0 Å². The van der Waals surface area contributed by atoms with Gasteiger partial charge in [0.25, 0.3) is 0 Å². The van der Waals surface area contributed by atoms with Gasteiger partial charge in [-0.1, -0.05) is 0 Å². The highest BCUT2D eigenvalue weighted by Crippen LogP contribution is 2.10. The van der Waals surface area contributed by atoms with E-state index in [1.807, 2.05) is 0 Å². The van der Waals surface area contributed by atoms with Gasteiger partial charge in [0.05, 0.1) is 0 Å². The molecule has 1 rings (SSSR count). The molecule has 0 bridgehead atoms. The molecule has 0 saturated carbocycles. The molecule has 0 unspecified atom stereocenters. The first-order valence-corrected chi connectivity index (χ1v) is 3.25. The minimum absolute atomic E-state index is 0.00880. The smallest absolute Gasteiger partial charge is 0.334 e. The number of benzene rings is 1. The van der Waals surface area contributed by atoms with Crippen LogP contribution in [-0.4, -0.2) is 16.2 Å². The fraction of sp³-hybridized carbons (Fsp3) is 0. The van der Waals surface area contributed by atoms with Crippen molar-refractivity contribution in [2.75, 3.05) is 0 Å². The van der Waals surface area contributed by atoms with Crippen LogP contribution >= 0.6 is 0 Å². The van der Waals surface area contributed by atoms with Gasteiger partial charge in [-0.2, -0.15) is 0 Å². The second kappa shape index (κ2) is 3.53. The highest BCUT2D eigenvalue weighted by Gasteiger charge is 2.09. The summed E-state index contributed by atoms with van der Waals surface area (Å²) in [5, 5.41) is 17.4. The molecule has 0 aliphatic heterocycles. The van der Waals surface area contributed by atoms with Crippen molar-refractivity contribution in [3.05, 3.63) is 39.9 Å². The molecule has 1 aromatic rings. The first-order valence-electron chi connectivity index (χ1n) is 3.25. The van der Waals surface area contributed by atoms with E-state index in [2.05, 4.69) is 4.84 Å². The van der Waals surface area contributed by atoms with Crippen LogP contribution in [0.4, 0.5) is 0 Å². The molecule has 1 N–H and O–H groups in total. The predicted molar refractivity (Wildman–Crippen MR) is 40.5 cm³/mol. The van der Waals surface area contributed by atoms with E-state index in [4.69, 9.17) is 5.11 Å². The van der Waals surface area contributed by atoms with Crippen LogP contribution in [0.15, 0.2) is 24.3 Å². The van der Waals surface area contributed by atoms with E-state index in [0.717, 1.165) is 0 Å². The Morgan fingerprint density at radius 1 is 1.38 bits per heavy atom. The summed E-state index contributed by atoms with van der Waals surface area (Å²) < 4.78 is 0. The quantitative estimate of drug-likeness (QED) is 0.539. The van der Waals surface area contributed by atoms with Crippen molar-refractivity contribution in [1.29, 1.82) is 0 Å². The van der Waals surface area contributed by atoms with Crippen molar-refractivity contribution < 1.29 is 19.8 Å². The zero-order valence-electron chi connectivity index (χ0n) is 6.34. The van der Waals surface area contributed by atoms with Crippen LogP contribution in [0.1, 0.15) is 10.4 Å². The molecule has 1 aromatic carbocycles. The third kappa shape index (κ3) is 2.44. The maximum atomic E-state index is 10.8. The van der Waals surface area contributed by atoms with E-state index in [9.17, 15) is 14.9 Å².